The van der Waals surface area contributed by atoms with Crippen molar-refractivity contribution < 1.29 is 27.9 Å². The average molecular weight is 329 g/mol. The Morgan fingerprint density at radius 1 is 1.36 bits per heavy atom. The van der Waals surface area contributed by atoms with Crippen molar-refractivity contribution in [3.63, 3.8) is 0 Å². The number of carbonyl (C=O) groups excluding carboxylic acids is 1. The predicted molar refractivity (Wildman–Crippen MR) is 78.8 cm³/mol. The molecular weight excluding hydrogens is 310 g/mol. The molecule has 1 N–H and O–H groups in total. The second-order valence-electron chi connectivity index (χ2n) is 4.66. The molecule has 8 heteroatoms. The summed E-state index contributed by atoms with van der Waals surface area (Å²) in [6, 6.07) is 4.61. The average Bonchev–Trinajstić information content (AvgIpc) is 2.46. The smallest absolute Gasteiger partial charge is 0.321 e. The molecule has 0 spiro atoms. The molecule has 0 amide bonds. The normalized spacial score (nSPS) is 12.9. The molecule has 1 aromatic carbocycles. The van der Waals surface area contributed by atoms with Gasteiger partial charge in [0, 0.05) is 7.05 Å². The first kappa shape index (κ1) is 18.1. The van der Waals surface area contributed by atoms with Crippen LogP contribution in [0.4, 0.5) is 0 Å². The van der Waals surface area contributed by atoms with Gasteiger partial charge in [-0.3, -0.25) is 9.59 Å². The number of esters is 1. The Balaban J connectivity index is 3.06. The molecule has 0 radical (unpaired) electrons. The Morgan fingerprint density at radius 3 is 2.55 bits per heavy atom. The highest BCUT2D eigenvalue weighted by Crippen LogP contribution is 2.18. The quantitative estimate of drug-likeness (QED) is 0.745. The SMILES string of the molecule is CCOC(=O)Cc1cccc(S(=O)(=O)N(C)C(C)C(=O)O)c1. The van der Waals surface area contributed by atoms with Crippen LogP contribution in [0.15, 0.2) is 29.2 Å². The number of likely N-dealkylation sites (N-methyl/N-ethyl adjacent to an activating group) is 1. The number of hydrogen-bond acceptors (Lipinski definition) is 5. The first-order valence-electron chi connectivity index (χ1n) is 6.65. The van der Waals surface area contributed by atoms with E-state index < -0.39 is 28.0 Å². The van der Waals surface area contributed by atoms with Gasteiger partial charge in [-0.15, -0.1) is 0 Å². The van der Waals surface area contributed by atoms with Crippen LogP contribution in [0, 0.1) is 0 Å². The van der Waals surface area contributed by atoms with Gasteiger partial charge in [-0.05, 0) is 31.5 Å². The van der Waals surface area contributed by atoms with Crippen LogP contribution in [0.1, 0.15) is 19.4 Å². The summed E-state index contributed by atoms with van der Waals surface area (Å²) >= 11 is 0. The first-order valence-corrected chi connectivity index (χ1v) is 8.09. The Labute approximate surface area is 129 Å². The fourth-order valence-corrected chi connectivity index (χ4v) is 3.11. The van der Waals surface area contributed by atoms with Crippen LogP contribution in [0.25, 0.3) is 0 Å². The molecule has 0 aliphatic rings. The van der Waals surface area contributed by atoms with Crippen molar-refractivity contribution in [2.75, 3.05) is 13.7 Å². The summed E-state index contributed by atoms with van der Waals surface area (Å²) in [5.41, 5.74) is 0.482. The van der Waals surface area contributed by atoms with Gasteiger partial charge >= 0.3 is 11.9 Å². The Hall–Kier alpha value is -1.93. The van der Waals surface area contributed by atoms with Crippen molar-refractivity contribution in [3.8, 4) is 0 Å². The molecule has 7 nitrogen and oxygen atoms in total. The highest BCUT2D eigenvalue weighted by Gasteiger charge is 2.29. The number of sulfonamides is 1. The predicted octanol–water partition coefficient (Wildman–Crippen LogP) is 0.886. The lowest BCUT2D eigenvalue weighted by molar-refractivity contribution is -0.142. The largest absolute Gasteiger partial charge is 0.480 e. The summed E-state index contributed by atoms with van der Waals surface area (Å²) in [5.74, 6) is -1.70. The topological polar surface area (TPSA) is 101 Å². The molecule has 0 heterocycles. The zero-order valence-corrected chi connectivity index (χ0v) is 13.5. The second kappa shape index (κ2) is 7.37. The van der Waals surface area contributed by atoms with Crippen LogP contribution in [-0.2, 0) is 30.8 Å². The minimum Gasteiger partial charge on any atom is -0.480 e. The number of carboxylic acids is 1. The number of benzene rings is 1. The number of carboxylic acid groups (broad SMARTS) is 1. The maximum absolute atomic E-state index is 12.4. The molecule has 0 saturated carbocycles. The van der Waals surface area contributed by atoms with Crippen LogP contribution >= 0.6 is 0 Å². The lowest BCUT2D eigenvalue weighted by atomic mass is 10.1. The van der Waals surface area contributed by atoms with E-state index in [0.717, 1.165) is 4.31 Å². The summed E-state index contributed by atoms with van der Waals surface area (Å²) < 4.78 is 30.4. The van der Waals surface area contributed by atoms with E-state index in [1.807, 2.05) is 0 Å². The van der Waals surface area contributed by atoms with Crippen LogP contribution in [-0.4, -0.2) is 49.5 Å². The van der Waals surface area contributed by atoms with Crippen molar-refractivity contribution in [1.29, 1.82) is 0 Å². The number of aliphatic carboxylic acids is 1. The number of ether oxygens (including phenoxy) is 1. The third-order valence-electron chi connectivity index (χ3n) is 3.13. The minimum absolute atomic E-state index is 0.0462. The van der Waals surface area contributed by atoms with Crippen molar-refractivity contribution in [1.82, 2.24) is 4.31 Å². The Morgan fingerprint density at radius 2 is 2.00 bits per heavy atom. The summed E-state index contributed by atoms with van der Waals surface area (Å²) in [6.45, 7) is 3.21. The van der Waals surface area contributed by atoms with E-state index in [-0.39, 0.29) is 17.9 Å². The van der Waals surface area contributed by atoms with Gasteiger partial charge in [0.05, 0.1) is 17.9 Å². The van der Waals surface area contributed by atoms with E-state index in [2.05, 4.69) is 0 Å². The van der Waals surface area contributed by atoms with Crippen molar-refractivity contribution in [2.24, 2.45) is 0 Å². The summed E-state index contributed by atoms with van der Waals surface area (Å²) in [6.07, 6.45) is -0.0462. The molecule has 0 aromatic heterocycles. The molecule has 0 fully saturated rings. The highest BCUT2D eigenvalue weighted by molar-refractivity contribution is 7.89. The first-order chi connectivity index (χ1) is 10.2. The molecule has 0 bridgehead atoms. The number of nitrogens with zero attached hydrogens (tertiary/aromatic N) is 1. The van der Waals surface area contributed by atoms with Gasteiger partial charge < -0.3 is 9.84 Å². The summed E-state index contributed by atoms with van der Waals surface area (Å²) in [5, 5.41) is 8.93. The molecule has 1 atom stereocenters. The van der Waals surface area contributed by atoms with E-state index >= 15 is 0 Å². The fourth-order valence-electron chi connectivity index (χ4n) is 1.72. The van der Waals surface area contributed by atoms with Crippen LogP contribution in [0.5, 0.6) is 0 Å². The van der Waals surface area contributed by atoms with E-state index in [0.29, 0.717) is 5.56 Å². The van der Waals surface area contributed by atoms with E-state index in [1.54, 1.807) is 13.0 Å². The highest BCUT2D eigenvalue weighted by atomic mass is 32.2. The standard InChI is InChI=1S/C14H19NO6S/c1-4-21-13(16)9-11-6-5-7-12(8-11)22(19,20)15(3)10(2)14(17)18/h5-8,10H,4,9H2,1-3H3,(H,17,18). The Bertz CT molecular complexity index is 655. The lowest BCUT2D eigenvalue weighted by Crippen LogP contribution is -2.40. The van der Waals surface area contributed by atoms with Gasteiger partial charge in [-0.1, -0.05) is 12.1 Å². The molecular formula is C14H19NO6S. The fraction of sp³-hybridized carbons (Fsp3) is 0.429. The van der Waals surface area contributed by atoms with Crippen molar-refractivity contribution >= 4 is 22.0 Å². The van der Waals surface area contributed by atoms with Gasteiger partial charge in [-0.2, -0.15) is 4.31 Å². The molecule has 0 aliphatic carbocycles. The van der Waals surface area contributed by atoms with E-state index in [9.17, 15) is 18.0 Å². The third-order valence-corrected chi connectivity index (χ3v) is 5.06. The molecule has 122 valence electrons. The van der Waals surface area contributed by atoms with Crippen LogP contribution < -0.4 is 0 Å². The van der Waals surface area contributed by atoms with Crippen LogP contribution in [0.3, 0.4) is 0 Å². The molecule has 0 aliphatic heterocycles. The summed E-state index contributed by atoms with van der Waals surface area (Å²) in [4.78, 5) is 22.3. The van der Waals surface area contributed by atoms with Crippen molar-refractivity contribution in [2.45, 2.75) is 31.2 Å². The third kappa shape index (κ3) is 4.28. The van der Waals surface area contributed by atoms with E-state index in [1.165, 1.54) is 32.2 Å². The molecule has 0 saturated heterocycles. The number of rotatable bonds is 7. The maximum Gasteiger partial charge on any atom is 0.321 e. The number of hydrogen-bond donors (Lipinski definition) is 1. The zero-order valence-electron chi connectivity index (χ0n) is 12.6. The molecule has 22 heavy (non-hydrogen) atoms. The van der Waals surface area contributed by atoms with Crippen molar-refractivity contribution in [3.05, 3.63) is 29.8 Å². The Kier molecular flexibility index (Phi) is 6.07. The molecule has 1 rings (SSSR count). The van der Waals surface area contributed by atoms with E-state index in [4.69, 9.17) is 9.84 Å². The minimum atomic E-state index is -3.95. The molecule has 1 aromatic rings. The second-order valence-corrected chi connectivity index (χ2v) is 6.66. The van der Waals surface area contributed by atoms with Crippen LogP contribution in [0.2, 0.25) is 0 Å². The maximum atomic E-state index is 12.4. The zero-order chi connectivity index (χ0) is 16.9. The van der Waals surface area contributed by atoms with Gasteiger partial charge in [0.15, 0.2) is 0 Å². The molecule has 1 unspecified atom stereocenters. The van der Waals surface area contributed by atoms with Gasteiger partial charge in [0.25, 0.3) is 0 Å². The summed E-state index contributed by atoms with van der Waals surface area (Å²) in [7, 11) is -2.75. The monoisotopic (exact) mass is 329 g/mol. The van der Waals surface area contributed by atoms with Gasteiger partial charge in [0.2, 0.25) is 10.0 Å². The van der Waals surface area contributed by atoms with Gasteiger partial charge in [0.1, 0.15) is 6.04 Å². The lowest BCUT2D eigenvalue weighted by Gasteiger charge is -2.21. The van der Waals surface area contributed by atoms with Gasteiger partial charge in [-0.25, -0.2) is 8.42 Å². The number of carbonyl (C=O) groups is 2.